The van der Waals surface area contributed by atoms with Crippen LogP contribution in [0.3, 0.4) is 0 Å². The number of hydrogen-bond acceptors (Lipinski definition) is 9. The molecular weight excluding hydrogens is 741 g/mol. The molecule has 0 saturated heterocycles. The quantitative estimate of drug-likeness (QED) is 0.0509. The molecular formula is C36H58Cl3NO8SSi. The van der Waals surface area contributed by atoms with Gasteiger partial charge in [-0.1, -0.05) is 94.9 Å². The van der Waals surface area contributed by atoms with Gasteiger partial charge in [0.1, 0.15) is 18.5 Å². The topological polar surface area (TPSA) is 132 Å². The second-order valence-corrected chi connectivity index (χ2v) is 22.2. The van der Waals surface area contributed by atoms with Crippen LogP contribution < -0.4 is 0 Å². The molecule has 0 unspecified atom stereocenters. The first kappa shape index (κ1) is 46.5. The van der Waals surface area contributed by atoms with Crippen molar-refractivity contribution in [2.45, 2.75) is 142 Å². The molecule has 50 heavy (non-hydrogen) atoms. The van der Waals surface area contributed by atoms with Gasteiger partial charge >= 0.3 is 12.1 Å². The highest BCUT2D eigenvalue weighted by molar-refractivity contribution is 7.09. The van der Waals surface area contributed by atoms with Crippen LogP contribution in [-0.2, 0) is 23.5 Å². The van der Waals surface area contributed by atoms with Gasteiger partial charge in [0.25, 0.3) is 0 Å². The average molecular weight is 799 g/mol. The highest BCUT2D eigenvalue weighted by atomic mass is 35.6. The first-order valence-electron chi connectivity index (χ1n) is 17.4. The largest absolute Gasteiger partial charge is 0.508 e. The Balaban J connectivity index is 3.16. The molecule has 0 aromatic carbocycles. The van der Waals surface area contributed by atoms with Gasteiger partial charge in [-0.05, 0) is 82.2 Å². The minimum absolute atomic E-state index is 0.276. The zero-order chi connectivity index (χ0) is 38.4. The lowest BCUT2D eigenvalue weighted by Crippen LogP contribution is -2.51. The number of rotatable bonds is 22. The van der Waals surface area contributed by atoms with Crippen LogP contribution >= 0.6 is 46.1 Å². The lowest BCUT2D eigenvalue weighted by molar-refractivity contribution is -0.147. The Morgan fingerprint density at radius 3 is 2.18 bits per heavy atom. The van der Waals surface area contributed by atoms with Crippen LogP contribution in [0.15, 0.2) is 22.6 Å². The number of carbonyl (C=O) groups excluding carboxylic acids is 2. The molecule has 9 nitrogen and oxygen atoms in total. The Morgan fingerprint density at radius 2 is 1.68 bits per heavy atom. The number of carbonyl (C=O) groups is 3. The summed E-state index contributed by atoms with van der Waals surface area (Å²) in [5.74, 6) is -2.45. The molecule has 286 valence electrons. The van der Waals surface area contributed by atoms with Crippen LogP contribution in [0.5, 0.6) is 0 Å². The standard InChI is InChI=1S/C36H58Cl3NO8SSi/c1-11-50(12-2,13-3)48-30(20-31(42)43)35(9,10)33(44)26(7)32(47-34(45)46-22-36(37,38)39)24(5)16-14-15-23(4)17-18-29(41)25(6)19-28-21-49-27(8)40-28/h17,19,21,24,26,29-30,32,41H,11-16,18,20,22H2,1-10H3,(H,42,43)/b23-17-,25-19+/t24-,26+,29-,30-,32-/m0/s1. The maximum Gasteiger partial charge on any atom is 0.508 e. The summed E-state index contributed by atoms with van der Waals surface area (Å²) < 4.78 is 15.6. The minimum Gasteiger partial charge on any atom is -0.481 e. The minimum atomic E-state index is -2.29. The number of thiazole rings is 1. The van der Waals surface area contributed by atoms with Gasteiger partial charge in [-0.2, -0.15) is 0 Å². The summed E-state index contributed by atoms with van der Waals surface area (Å²) in [5, 5.41) is 23.4. The summed E-state index contributed by atoms with van der Waals surface area (Å²) in [4.78, 5) is 43.5. The molecule has 2 N–H and O–H groups in total. The number of nitrogens with zero attached hydrogens (tertiary/aromatic N) is 1. The highest BCUT2D eigenvalue weighted by Gasteiger charge is 2.47. The first-order valence-corrected chi connectivity index (χ1v) is 21.9. The first-order chi connectivity index (χ1) is 23.1. The van der Waals surface area contributed by atoms with Crippen molar-refractivity contribution in [3.63, 3.8) is 0 Å². The van der Waals surface area contributed by atoms with Crippen LogP contribution in [0.4, 0.5) is 4.79 Å². The van der Waals surface area contributed by atoms with E-state index in [0.29, 0.717) is 12.8 Å². The highest BCUT2D eigenvalue weighted by Crippen LogP contribution is 2.38. The molecule has 0 aliphatic heterocycles. The second-order valence-electron chi connectivity index (χ2n) is 13.9. The monoisotopic (exact) mass is 797 g/mol. The van der Waals surface area contributed by atoms with Gasteiger partial charge in [-0.25, -0.2) is 9.78 Å². The number of carboxylic acid groups (broad SMARTS) is 1. The number of carboxylic acids is 1. The summed E-state index contributed by atoms with van der Waals surface area (Å²) in [7, 11) is -2.29. The molecule has 0 aliphatic rings. The number of aryl methyl sites for hydroxylation is 1. The van der Waals surface area contributed by atoms with Gasteiger partial charge in [0.15, 0.2) is 8.32 Å². The number of Topliss-reactive ketones (excluding diaryl/α,β-unsaturated/α-hetero) is 1. The number of ether oxygens (including phenoxy) is 2. The van der Waals surface area contributed by atoms with Crippen molar-refractivity contribution < 1.29 is 38.5 Å². The van der Waals surface area contributed by atoms with Crippen molar-refractivity contribution >= 4 is 78.4 Å². The number of aliphatic hydroxyl groups is 1. The molecule has 0 saturated carbocycles. The number of alkyl halides is 3. The van der Waals surface area contributed by atoms with E-state index in [1.807, 2.05) is 66.0 Å². The van der Waals surface area contributed by atoms with E-state index in [1.54, 1.807) is 32.1 Å². The number of halogens is 3. The Morgan fingerprint density at radius 1 is 1.08 bits per heavy atom. The number of hydrogen-bond donors (Lipinski definition) is 2. The molecule has 1 aromatic heterocycles. The number of ketones is 1. The summed E-state index contributed by atoms with van der Waals surface area (Å²) in [6.07, 6.45) is 2.64. The van der Waals surface area contributed by atoms with Crippen LogP contribution in [0.1, 0.15) is 105 Å². The fraction of sp³-hybridized carbons (Fsp3) is 0.722. The molecule has 1 aromatic rings. The van der Waals surface area contributed by atoms with E-state index in [1.165, 1.54) is 0 Å². The molecule has 0 fully saturated rings. The lowest BCUT2D eigenvalue weighted by atomic mass is 9.73. The van der Waals surface area contributed by atoms with Gasteiger partial charge in [0.2, 0.25) is 3.79 Å². The van der Waals surface area contributed by atoms with Crippen LogP contribution in [-0.4, -0.2) is 70.1 Å². The normalized spacial score (nSPS) is 16.4. The Bertz CT molecular complexity index is 1300. The number of aliphatic carboxylic acids is 1. The molecule has 0 spiro atoms. The van der Waals surface area contributed by atoms with Crippen LogP contribution in [0.2, 0.25) is 18.1 Å². The molecule has 1 heterocycles. The number of allylic oxidation sites excluding steroid dienone is 1. The van der Waals surface area contributed by atoms with Crippen LogP contribution in [0.25, 0.3) is 6.08 Å². The van der Waals surface area contributed by atoms with Crippen molar-refractivity contribution in [2.24, 2.45) is 17.3 Å². The molecule has 1 rings (SSSR count). The van der Waals surface area contributed by atoms with Crippen molar-refractivity contribution in [3.05, 3.63) is 33.3 Å². The Hall–Kier alpha value is -1.47. The van der Waals surface area contributed by atoms with Gasteiger partial charge in [0, 0.05) is 10.8 Å². The molecule has 5 atom stereocenters. The smallest absolute Gasteiger partial charge is 0.481 e. The van der Waals surface area contributed by atoms with E-state index < -0.39 is 60.5 Å². The molecule has 14 heteroatoms. The van der Waals surface area contributed by atoms with Crippen molar-refractivity contribution in [3.8, 4) is 0 Å². The summed E-state index contributed by atoms with van der Waals surface area (Å²) in [5.41, 5.74) is 1.57. The molecule has 0 aliphatic carbocycles. The number of aliphatic hydroxyl groups excluding tert-OH is 1. The maximum absolute atomic E-state index is 14.3. The van der Waals surface area contributed by atoms with E-state index in [-0.39, 0.29) is 18.1 Å². The molecule has 0 amide bonds. The average Bonchev–Trinajstić information content (AvgIpc) is 3.45. The van der Waals surface area contributed by atoms with Gasteiger partial charge in [-0.3, -0.25) is 9.59 Å². The van der Waals surface area contributed by atoms with E-state index in [9.17, 15) is 24.6 Å². The Labute approximate surface area is 319 Å². The third kappa shape index (κ3) is 15.6. The summed E-state index contributed by atoms with van der Waals surface area (Å²) >= 11 is 18.9. The maximum atomic E-state index is 14.3. The van der Waals surface area contributed by atoms with Crippen LogP contribution in [0, 0.1) is 24.2 Å². The zero-order valence-electron chi connectivity index (χ0n) is 31.3. The summed E-state index contributed by atoms with van der Waals surface area (Å²) in [6, 6.07) is 2.38. The third-order valence-electron chi connectivity index (χ3n) is 9.64. The SMILES string of the molecule is CC[Si](CC)(CC)O[C@@H](CC(=O)O)C(C)(C)C(=O)[C@H](C)[C@@H](OC(=O)OCC(Cl)(Cl)Cl)[C@@H](C)CCC/C(C)=C\C[C@H](O)/C(C)=C/c1csc(C)n1. The lowest BCUT2D eigenvalue weighted by Gasteiger charge is -2.42. The van der Waals surface area contributed by atoms with Gasteiger partial charge < -0.3 is 24.1 Å². The third-order valence-corrected chi connectivity index (χ3v) is 15.4. The van der Waals surface area contributed by atoms with Crippen molar-refractivity contribution in [2.75, 3.05) is 6.61 Å². The van der Waals surface area contributed by atoms with Gasteiger partial charge in [-0.15, -0.1) is 11.3 Å². The predicted molar refractivity (Wildman–Crippen MR) is 207 cm³/mol. The van der Waals surface area contributed by atoms with Crippen molar-refractivity contribution in [1.29, 1.82) is 0 Å². The summed E-state index contributed by atoms with van der Waals surface area (Å²) in [6.45, 7) is 18.4. The molecule has 0 radical (unpaired) electrons. The van der Waals surface area contributed by atoms with E-state index in [0.717, 1.165) is 52.8 Å². The molecule has 0 bridgehead atoms. The second kappa shape index (κ2) is 21.3. The Kier molecular flexibility index (Phi) is 19.8. The van der Waals surface area contributed by atoms with Crippen molar-refractivity contribution in [1.82, 2.24) is 4.98 Å². The van der Waals surface area contributed by atoms with E-state index in [2.05, 4.69) is 4.98 Å². The fourth-order valence-corrected chi connectivity index (χ4v) is 9.76. The van der Waals surface area contributed by atoms with E-state index >= 15 is 0 Å². The zero-order valence-corrected chi connectivity index (χ0v) is 35.4. The van der Waals surface area contributed by atoms with E-state index in [4.69, 9.17) is 48.7 Å². The number of aromatic nitrogens is 1. The van der Waals surface area contributed by atoms with Gasteiger partial charge in [0.05, 0.1) is 35.2 Å². The fourth-order valence-electron chi connectivity index (χ4n) is 6.04. The predicted octanol–water partition coefficient (Wildman–Crippen LogP) is 10.3.